The van der Waals surface area contributed by atoms with Gasteiger partial charge < -0.3 is 30.3 Å². The van der Waals surface area contributed by atoms with E-state index in [2.05, 4.69) is 0 Å². The second-order valence-corrected chi connectivity index (χ2v) is 7.21. The van der Waals surface area contributed by atoms with Gasteiger partial charge in [0.15, 0.2) is 0 Å². The monoisotopic (exact) mass is 330 g/mol. The van der Waals surface area contributed by atoms with Crippen molar-refractivity contribution < 1.29 is 29.0 Å². The van der Waals surface area contributed by atoms with E-state index in [9.17, 15) is 24.3 Å². The molecule has 1 aromatic rings. The highest BCUT2D eigenvalue weighted by atomic mass is 31.2. The molecule has 1 fully saturated rings. The van der Waals surface area contributed by atoms with Crippen LogP contribution in [0.15, 0.2) is 30.3 Å². The van der Waals surface area contributed by atoms with Crippen LogP contribution in [0.1, 0.15) is 12.0 Å². The summed E-state index contributed by atoms with van der Waals surface area (Å²) in [7, 11) is -4.68. The maximum absolute atomic E-state index is 11.9. The molecule has 8 nitrogen and oxygen atoms in total. The minimum absolute atomic E-state index is 0.00624. The summed E-state index contributed by atoms with van der Waals surface area (Å²) in [6.07, 6.45) is -2.39. The third-order valence-electron chi connectivity index (χ3n) is 3.76. The van der Waals surface area contributed by atoms with E-state index in [0.29, 0.717) is 0 Å². The lowest BCUT2D eigenvalue weighted by Crippen LogP contribution is -2.61. The summed E-state index contributed by atoms with van der Waals surface area (Å²) < 4.78 is 16.5. The van der Waals surface area contributed by atoms with Gasteiger partial charge in [0.25, 0.3) is 0 Å². The van der Waals surface area contributed by atoms with Gasteiger partial charge in [-0.05, 0) is 12.0 Å². The van der Waals surface area contributed by atoms with Gasteiger partial charge in [-0.25, -0.2) is 4.79 Å². The summed E-state index contributed by atoms with van der Waals surface area (Å²) in [4.78, 5) is 31.6. The number of piperidine rings is 1. The van der Waals surface area contributed by atoms with Crippen molar-refractivity contribution in [1.82, 2.24) is 4.90 Å². The lowest BCUT2D eigenvalue weighted by molar-refractivity contribution is 0.0178. The number of ether oxygens (including phenoxy) is 1. The Morgan fingerprint density at radius 2 is 2.05 bits per heavy atom. The second kappa shape index (κ2) is 6.36. The van der Waals surface area contributed by atoms with E-state index in [1.165, 1.54) is 4.90 Å². The van der Waals surface area contributed by atoms with E-state index in [1.807, 2.05) is 18.2 Å². The summed E-state index contributed by atoms with van der Waals surface area (Å²) in [6, 6.07) is 9.08. The van der Waals surface area contributed by atoms with Crippen molar-refractivity contribution in [2.75, 3.05) is 13.1 Å². The molecule has 1 aliphatic rings. The Morgan fingerprint density at radius 1 is 1.41 bits per heavy atom. The van der Waals surface area contributed by atoms with Gasteiger partial charge in [0.2, 0.25) is 0 Å². The van der Waals surface area contributed by atoms with Crippen LogP contribution in [0.2, 0.25) is 0 Å². The third-order valence-corrected chi connectivity index (χ3v) is 5.36. The van der Waals surface area contributed by atoms with Gasteiger partial charge >= 0.3 is 13.7 Å². The van der Waals surface area contributed by atoms with Gasteiger partial charge in [-0.2, -0.15) is 0 Å². The molecule has 1 saturated heterocycles. The fourth-order valence-electron chi connectivity index (χ4n) is 2.25. The predicted molar refractivity (Wildman–Crippen MR) is 77.8 cm³/mol. The first-order valence-corrected chi connectivity index (χ1v) is 8.33. The zero-order valence-corrected chi connectivity index (χ0v) is 12.7. The summed E-state index contributed by atoms with van der Waals surface area (Å²) in [5, 5.41) is 7.88. The average Bonchev–Trinajstić information content (AvgIpc) is 2.47. The number of nitrogens with two attached hydrogens (primary N) is 1. The molecule has 0 aromatic heterocycles. The Kier molecular flexibility index (Phi) is 4.89. The second-order valence-electron chi connectivity index (χ2n) is 5.29. The van der Waals surface area contributed by atoms with Crippen molar-refractivity contribution in [1.29, 1.82) is 0 Å². The number of likely N-dealkylation sites (tertiary alicyclic amines) is 1. The molecule has 2 atom stereocenters. The molecule has 0 bridgehead atoms. The van der Waals surface area contributed by atoms with E-state index in [0.717, 1.165) is 5.56 Å². The summed E-state index contributed by atoms with van der Waals surface area (Å²) in [5.74, 6) is 0. The molecule has 1 aromatic carbocycles. The Balaban J connectivity index is 1.93. The zero-order valence-electron chi connectivity index (χ0n) is 11.8. The molecule has 1 amide bonds. The standard InChI is InChI=1S/C13H19N2O6P/c14-13(22(18,19)20)6-7-15(8-11(13)16)12(17)21-9-10-4-2-1-3-5-10/h1-5,11,16H,6-9,14H2,(H2,18,19,20)/t11-,13-/m0/s1. The molecule has 0 radical (unpaired) electrons. The summed E-state index contributed by atoms with van der Waals surface area (Å²) in [6.45, 7) is -0.194. The highest BCUT2D eigenvalue weighted by molar-refractivity contribution is 7.53. The summed E-state index contributed by atoms with van der Waals surface area (Å²) in [5.41, 5.74) is 6.43. The molecule has 1 heterocycles. The predicted octanol–water partition coefficient (Wildman–Crippen LogP) is 0.222. The van der Waals surface area contributed by atoms with Gasteiger partial charge in [0.05, 0.1) is 6.54 Å². The fraction of sp³-hybridized carbons (Fsp3) is 0.462. The number of hydrogen-bond acceptors (Lipinski definition) is 5. The van der Waals surface area contributed by atoms with Crippen molar-refractivity contribution in [3.63, 3.8) is 0 Å². The van der Waals surface area contributed by atoms with Gasteiger partial charge in [-0.15, -0.1) is 0 Å². The molecule has 0 saturated carbocycles. The van der Waals surface area contributed by atoms with Crippen LogP contribution in [0.3, 0.4) is 0 Å². The van der Waals surface area contributed by atoms with Crippen LogP contribution in [0.5, 0.6) is 0 Å². The molecule has 0 aliphatic carbocycles. The molecule has 0 spiro atoms. The number of aliphatic hydroxyl groups excluding tert-OH is 1. The maximum Gasteiger partial charge on any atom is 0.410 e. The van der Waals surface area contributed by atoms with Crippen LogP contribution in [0.4, 0.5) is 4.79 Å². The number of hydrogen-bond donors (Lipinski definition) is 4. The van der Waals surface area contributed by atoms with Gasteiger partial charge in [-0.3, -0.25) is 4.57 Å². The Hall–Kier alpha value is -1.44. The first-order chi connectivity index (χ1) is 10.2. The van der Waals surface area contributed by atoms with Crippen LogP contribution in [-0.2, 0) is 15.9 Å². The molecule has 1 aliphatic heterocycles. The molecule has 0 unspecified atom stereocenters. The Morgan fingerprint density at radius 3 is 2.59 bits per heavy atom. The van der Waals surface area contributed by atoms with Gasteiger partial charge in [0.1, 0.15) is 18.0 Å². The van der Waals surface area contributed by atoms with Crippen LogP contribution < -0.4 is 5.73 Å². The van der Waals surface area contributed by atoms with Crippen LogP contribution >= 0.6 is 7.60 Å². The number of β-amino-alcohol motifs (C(OH)–C–C–N with tert-alkyl or cyclic N) is 1. The van der Waals surface area contributed by atoms with E-state index in [1.54, 1.807) is 12.1 Å². The van der Waals surface area contributed by atoms with Gasteiger partial charge in [-0.1, -0.05) is 30.3 Å². The lowest BCUT2D eigenvalue weighted by Gasteiger charge is -2.42. The van der Waals surface area contributed by atoms with Crippen molar-refractivity contribution in [3.05, 3.63) is 35.9 Å². The fourth-order valence-corrected chi connectivity index (χ4v) is 3.12. The molecule has 5 N–H and O–H groups in total. The Labute approximate surface area is 127 Å². The topological polar surface area (TPSA) is 133 Å². The number of rotatable bonds is 3. The van der Waals surface area contributed by atoms with Crippen LogP contribution in [-0.4, -0.2) is 50.4 Å². The van der Waals surface area contributed by atoms with Crippen molar-refractivity contribution in [2.45, 2.75) is 24.4 Å². The van der Waals surface area contributed by atoms with Crippen molar-refractivity contribution >= 4 is 13.7 Å². The number of carbonyl (C=O) groups excluding carboxylic acids is 1. The number of aliphatic hydroxyl groups is 1. The molecule has 22 heavy (non-hydrogen) atoms. The zero-order chi connectivity index (χ0) is 16.4. The summed E-state index contributed by atoms with van der Waals surface area (Å²) >= 11 is 0. The number of benzene rings is 1. The molecule has 122 valence electrons. The normalized spacial score (nSPS) is 25.8. The minimum atomic E-state index is -4.68. The van der Waals surface area contributed by atoms with E-state index >= 15 is 0 Å². The number of nitrogens with zero attached hydrogens (tertiary/aromatic N) is 1. The maximum atomic E-state index is 11.9. The van der Waals surface area contributed by atoms with E-state index < -0.39 is 25.1 Å². The van der Waals surface area contributed by atoms with Crippen LogP contribution in [0.25, 0.3) is 0 Å². The van der Waals surface area contributed by atoms with E-state index in [-0.39, 0.29) is 26.1 Å². The first-order valence-electron chi connectivity index (χ1n) is 6.72. The SMILES string of the molecule is N[C@]1(P(=O)(O)O)CCN(C(=O)OCc2ccccc2)C[C@@H]1O. The van der Waals surface area contributed by atoms with E-state index in [4.69, 9.17) is 10.5 Å². The molecular formula is C13H19N2O6P. The number of carbonyl (C=O) groups is 1. The largest absolute Gasteiger partial charge is 0.445 e. The third kappa shape index (κ3) is 3.48. The average molecular weight is 330 g/mol. The first kappa shape index (κ1) is 16.9. The quantitative estimate of drug-likeness (QED) is 0.583. The minimum Gasteiger partial charge on any atom is -0.445 e. The molecule has 2 rings (SSSR count). The highest BCUT2D eigenvalue weighted by Gasteiger charge is 2.52. The van der Waals surface area contributed by atoms with Gasteiger partial charge in [0, 0.05) is 6.54 Å². The lowest BCUT2D eigenvalue weighted by atomic mass is 10.0. The van der Waals surface area contributed by atoms with Crippen molar-refractivity contribution in [3.8, 4) is 0 Å². The highest BCUT2D eigenvalue weighted by Crippen LogP contribution is 2.52. The number of amides is 1. The molecular weight excluding hydrogens is 311 g/mol. The van der Waals surface area contributed by atoms with Crippen LogP contribution in [0, 0.1) is 0 Å². The van der Waals surface area contributed by atoms with Crippen molar-refractivity contribution in [2.24, 2.45) is 5.73 Å². The Bertz CT molecular complexity index is 577. The smallest absolute Gasteiger partial charge is 0.410 e. The molecule has 9 heteroatoms.